The normalized spacial score (nSPS) is 15.7. The first-order valence-corrected chi connectivity index (χ1v) is 5.71. The van der Waals surface area contributed by atoms with Crippen LogP contribution in [-0.4, -0.2) is 37.0 Å². The summed E-state index contributed by atoms with van der Waals surface area (Å²) in [4.78, 5) is 14.0. The van der Waals surface area contributed by atoms with E-state index >= 15 is 0 Å². The third kappa shape index (κ3) is 2.06. The molecule has 4 heteroatoms. The summed E-state index contributed by atoms with van der Waals surface area (Å²) in [5.74, 6) is 0.0701. The topological polar surface area (TPSA) is 32.3 Å². The van der Waals surface area contributed by atoms with Crippen LogP contribution in [0.2, 0.25) is 5.02 Å². The van der Waals surface area contributed by atoms with Gasteiger partial charge in [-0.05, 0) is 30.7 Å². The molecule has 1 aromatic carbocycles. The molecule has 0 radical (unpaired) electrons. The maximum absolute atomic E-state index is 12.2. The van der Waals surface area contributed by atoms with E-state index in [2.05, 4.69) is 5.32 Å². The molecule has 86 valence electrons. The predicted molar refractivity (Wildman–Crippen MR) is 64.9 cm³/mol. The van der Waals surface area contributed by atoms with Crippen LogP contribution in [0.3, 0.4) is 0 Å². The fourth-order valence-electron chi connectivity index (χ4n) is 1.77. The largest absolute Gasteiger partial charge is 0.336 e. The van der Waals surface area contributed by atoms with Gasteiger partial charge in [-0.15, -0.1) is 0 Å². The van der Waals surface area contributed by atoms with Gasteiger partial charge in [0.25, 0.3) is 5.91 Å². The van der Waals surface area contributed by atoms with Crippen LogP contribution in [0, 0.1) is 6.92 Å². The second-order valence-corrected chi connectivity index (χ2v) is 4.62. The molecule has 1 aliphatic heterocycles. The average Bonchev–Trinajstić information content (AvgIpc) is 2.14. The molecular formula is C12H15ClN2O. The lowest BCUT2D eigenvalue weighted by Crippen LogP contribution is -2.57. The third-order valence-corrected chi connectivity index (χ3v) is 3.28. The van der Waals surface area contributed by atoms with Gasteiger partial charge in [0.2, 0.25) is 0 Å². The van der Waals surface area contributed by atoms with Gasteiger partial charge in [0, 0.05) is 30.7 Å². The quantitative estimate of drug-likeness (QED) is 0.851. The molecule has 1 saturated heterocycles. The molecular weight excluding hydrogens is 224 g/mol. The van der Waals surface area contributed by atoms with Crippen LogP contribution in [0.1, 0.15) is 15.9 Å². The van der Waals surface area contributed by atoms with Gasteiger partial charge >= 0.3 is 0 Å². The number of nitrogens with zero attached hydrogens (tertiary/aromatic N) is 1. The fourth-order valence-corrected chi connectivity index (χ4v) is 2.00. The molecule has 16 heavy (non-hydrogen) atoms. The Morgan fingerprint density at radius 3 is 2.69 bits per heavy atom. The molecule has 2 rings (SSSR count). The van der Waals surface area contributed by atoms with Gasteiger partial charge in [-0.3, -0.25) is 4.79 Å². The molecule has 3 nitrogen and oxygen atoms in total. The van der Waals surface area contributed by atoms with Gasteiger partial charge in [-0.1, -0.05) is 11.6 Å². The van der Waals surface area contributed by atoms with Gasteiger partial charge in [0.15, 0.2) is 0 Å². The molecule has 0 atom stereocenters. The molecule has 0 unspecified atom stereocenters. The van der Waals surface area contributed by atoms with Crippen molar-refractivity contribution in [3.8, 4) is 0 Å². The molecule has 1 aromatic rings. The van der Waals surface area contributed by atoms with E-state index in [0.717, 1.165) is 24.2 Å². The Labute approximate surface area is 100 Å². The molecule has 0 bridgehead atoms. The van der Waals surface area contributed by atoms with Crippen molar-refractivity contribution in [1.82, 2.24) is 10.2 Å². The Morgan fingerprint density at radius 2 is 2.19 bits per heavy atom. The van der Waals surface area contributed by atoms with Crippen molar-refractivity contribution in [3.05, 3.63) is 34.3 Å². The van der Waals surface area contributed by atoms with E-state index in [1.165, 1.54) is 0 Å². The maximum atomic E-state index is 12.2. The lowest BCUT2D eigenvalue weighted by Gasteiger charge is -2.35. The van der Waals surface area contributed by atoms with Crippen LogP contribution < -0.4 is 5.32 Å². The van der Waals surface area contributed by atoms with Crippen molar-refractivity contribution in [1.29, 1.82) is 0 Å². The molecule has 0 aliphatic carbocycles. The number of hydrogen-bond donors (Lipinski definition) is 1. The molecule has 0 aromatic heterocycles. The van der Waals surface area contributed by atoms with Crippen LogP contribution >= 0.6 is 11.6 Å². The van der Waals surface area contributed by atoms with Gasteiger partial charge in [0.1, 0.15) is 0 Å². The number of benzene rings is 1. The number of aryl methyl sites for hydroxylation is 1. The van der Waals surface area contributed by atoms with E-state index < -0.39 is 0 Å². The summed E-state index contributed by atoms with van der Waals surface area (Å²) < 4.78 is 0. The Balaban J connectivity index is 2.19. The monoisotopic (exact) mass is 238 g/mol. The van der Waals surface area contributed by atoms with Crippen molar-refractivity contribution >= 4 is 17.5 Å². The molecule has 0 saturated carbocycles. The molecule has 1 heterocycles. The van der Waals surface area contributed by atoms with Gasteiger partial charge in [0.05, 0.1) is 6.04 Å². The van der Waals surface area contributed by atoms with E-state index in [-0.39, 0.29) is 5.91 Å². The fraction of sp³-hybridized carbons (Fsp3) is 0.417. The summed E-state index contributed by atoms with van der Waals surface area (Å²) in [6, 6.07) is 5.70. The highest BCUT2D eigenvalue weighted by Crippen LogP contribution is 2.17. The predicted octanol–water partition coefficient (Wildman–Crippen LogP) is 1.69. The van der Waals surface area contributed by atoms with Crippen LogP contribution in [0.4, 0.5) is 0 Å². The van der Waals surface area contributed by atoms with Crippen LogP contribution in [0.15, 0.2) is 18.2 Å². The van der Waals surface area contributed by atoms with Gasteiger partial charge < -0.3 is 10.2 Å². The number of nitrogens with one attached hydrogen (secondary N) is 1. The minimum Gasteiger partial charge on any atom is -0.336 e. The minimum atomic E-state index is 0.0701. The molecule has 0 spiro atoms. The average molecular weight is 239 g/mol. The summed E-state index contributed by atoms with van der Waals surface area (Å²) in [5, 5.41) is 3.83. The van der Waals surface area contributed by atoms with Crippen LogP contribution in [-0.2, 0) is 0 Å². The second-order valence-electron chi connectivity index (χ2n) is 4.19. The van der Waals surface area contributed by atoms with Crippen LogP contribution in [0.5, 0.6) is 0 Å². The lowest BCUT2D eigenvalue weighted by molar-refractivity contribution is 0.0680. The highest BCUT2D eigenvalue weighted by Gasteiger charge is 2.26. The summed E-state index contributed by atoms with van der Waals surface area (Å²) in [6.07, 6.45) is 0. The van der Waals surface area contributed by atoms with E-state index in [1.54, 1.807) is 17.0 Å². The minimum absolute atomic E-state index is 0.0701. The number of rotatable bonds is 2. The molecule has 1 aliphatic rings. The first-order chi connectivity index (χ1) is 7.59. The Bertz CT molecular complexity index is 415. The SMILES string of the molecule is Cc1cc(Cl)ccc1C(=O)N(C)C1CNC1. The molecule has 1 fully saturated rings. The van der Waals surface area contributed by atoms with E-state index in [9.17, 15) is 4.79 Å². The number of likely N-dealkylation sites (N-methyl/N-ethyl adjacent to an activating group) is 1. The Kier molecular flexibility index (Phi) is 3.17. The zero-order valence-corrected chi connectivity index (χ0v) is 10.2. The van der Waals surface area contributed by atoms with Crippen molar-refractivity contribution in [2.24, 2.45) is 0 Å². The maximum Gasteiger partial charge on any atom is 0.254 e. The number of halogens is 1. The standard InChI is InChI=1S/C12H15ClN2O/c1-8-5-9(13)3-4-11(8)12(16)15(2)10-6-14-7-10/h3-5,10,14H,6-7H2,1-2H3. The van der Waals surface area contributed by atoms with Gasteiger partial charge in [-0.25, -0.2) is 0 Å². The van der Waals surface area contributed by atoms with Crippen molar-refractivity contribution in [3.63, 3.8) is 0 Å². The zero-order chi connectivity index (χ0) is 11.7. The lowest BCUT2D eigenvalue weighted by atomic mass is 10.1. The second kappa shape index (κ2) is 4.44. The summed E-state index contributed by atoms with van der Waals surface area (Å²) >= 11 is 5.87. The summed E-state index contributed by atoms with van der Waals surface area (Å²) in [5.41, 5.74) is 1.66. The molecule has 1 amide bonds. The first-order valence-electron chi connectivity index (χ1n) is 5.33. The Hall–Kier alpha value is -1.06. The number of carbonyl (C=O) groups excluding carboxylic acids is 1. The zero-order valence-electron chi connectivity index (χ0n) is 9.46. The summed E-state index contributed by atoms with van der Waals surface area (Å²) in [7, 11) is 1.85. The van der Waals surface area contributed by atoms with E-state index in [0.29, 0.717) is 11.1 Å². The summed E-state index contributed by atoms with van der Waals surface area (Å²) in [6.45, 7) is 3.68. The van der Waals surface area contributed by atoms with E-state index in [4.69, 9.17) is 11.6 Å². The molecule has 1 N–H and O–H groups in total. The smallest absolute Gasteiger partial charge is 0.254 e. The Morgan fingerprint density at radius 1 is 1.50 bits per heavy atom. The number of carbonyl (C=O) groups is 1. The number of hydrogen-bond acceptors (Lipinski definition) is 2. The highest BCUT2D eigenvalue weighted by atomic mass is 35.5. The van der Waals surface area contributed by atoms with Gasteiger partial charge in [-0.2, -0.15) is 0 Å². The van der Waals surface area contributed by atoms with Crippen molar-refractivity contribution in [2.75, 3.05) is 20.1 Å². The van der Waals surface area contributed by atoms with Crippen molar-refractivity contribution in [2.45, 2.75) is 13.0 Å². The van der Waals surface area contributed by atoms with Crippen molar-refractivity contribution < 1.29 is 4.79 Å². The number of amides is 1. The van der Waals surface area contributed by atoms with Crippen LogP contribution in [0.25, 0.3) is 0 Å². The third-order valence-electron chi connectivity index (χ3n) is 3.05. The highest BCUT2D eigenvalue weighted by molar-refractivity contribution is 6.30. The first kappa shape index (κ1) is 11.4. The van der Waals surface area contributed by atoms with E-state index in [1.807, 2.05) is 20.0 Å².